The van der Waals surface area contributed by atoms with Crippen LogP contribution in [0.25, 0.3) is 5.82 Å². The molecule has 3 heterocycles. The van der Waals surface area contributed by atoms with Crippen LogP contribution >= 0.6 is 0 Å². The molecular formula is C19H28N6O. The zero-order valence-electron chi connectivity index (χ0n) is 16.0. The van der Waals surface area contributed by atoms with Crippen LogP contribution in [0.4, 0.5) is 0 Å². The third-order valence-electron chi connectivity index (χ3n) is 4.59. The van der Waals surface area contributed by atoms with Gasteiger partial charge in [0.05, 0.1) is 6.04 Å². The van der Waals surface area contributed by atoms with Gasteiger partial charge in [-0.1, -0.05) is 19.9 Å². The Kier molecular flexibility index (Phi) is 5.66. The number of nitrogens with one attached hydrogen (secondary N) is 1. The van der Waals surface area contributed by atoms with Crippen LogP contribution in [0.1, 0.15) is 39.3 Å². The summed E-state index contributed by atoms with van der Waals surface area (Å²) in [7, 11) is 0. The summed E-state index contributed by atoms with van der Waals surface area (Å²) in [5, 5.41) is 7.66. The van der Waals surface area contributed by atoms with E-state index in [-0.39, 0.29) is 11.9 Å². The van der Waals surface area contributed by atoms with Crippen molar-refractivity contribution < 1.29 is 4.79 Å². The summed E-state index contributed by atoms with van der Waals surface area (Å²) < 4.78 is 1.79. The number of hydrogen-bond acceptors (Lipinski definition) is 5. The van der Waals surface area contributed by atoms with Crippen LogP contribution in [0.5, 0.6) is 0 Å². The van der Waals surface area contributed by atoms with Crippen molar-refractivity contribution in [2.45, 2.75) is 52.6 Å². The van der Waals surface area contributed by atoms with Gasteiger partial charge in [0.1, 0.15) is 5.82 Å². The number of pyridine rings is 1. The molecule has 0 unspecified atom stereocenters. The summed E-state index contributed by atoms with van der Waals surface area (Å²) >= 11 is 0. The summed E-state index contributed by atoms with van der Waals surface area (Å²) in [6, 6.07) is 5.79. The van der Waals surface area contributed by atoms with Crippen LogP contribution in [0, 0.1) is 5.92 Å². The molecule has 1 atom stereocenters. The Balaban J connectivity index is 1.94. The third kappa shape index (κ3) is 4.09. The average Bonchev–Trinajstić information content (AvgIpc) is 2.99. The summed E-state index contributed by atoms with van der Waals surface area (Å²) in [5.41, 5.74) is 0. The molecule has 1 saturated heterocycles. The van der Waals surface area contributed by atoms with E-state index in [9.17, 15) is 4.79 Å². The van der Waals surface area contributed by atoms with E-state index in [1.54, 1.807) is 10.9 Å². The van der Waals surface area contributed by atoms with E-state index < -0.39 is 0 Å². The molecule has 0 aliphatic carbocycles. The van der Waals surface area contributed by atoms with Gasteiger partial charge in [0.25, 0.3) is 0 Å². The van der Waals surface area contributed by atoms with Gasteiger partial charge in [0.2, 0.25) is 5.91 Å². The molecule has 0 radical (unpaired) electrons. The molecule has 0 aromatic carbocycles. The quantitative estimate of drug-likeness (QED) is 0.851. The highest BCUT2D eigenvalue weighted by molar-refractivity contribution is 5.82. The standard InChI is InChI=1S/C19H28N6O/c1-13(2)11-16-22-18(25(23-16)17-7-5-6-8-20-17)12-15-19(26)21-9-10-24(15)14(3)4/h5-8,13-15H,9-12H2,1-4H3,(H,21,26)/t15-/m1/s1. The lowest BCUT2D eigenvalue weighted by atomic mass is 10.1. The highest BCUT2D eigenvalue weighted by atomic mass is 16.2. The van der Waals surface area contributed by atoms with E-state index in [0.717, 1.165) is 30.4 Å². The van der Waals surface area contributed by atoms with Gasteiger partial charge in [-0.15, -0.1) is 5.10 Å². The first-order chi connectivity index (χ1) is 12.5. The molecule has 26 heavy (non-hydrogen) atoms. The average molecular weight is 356 g/mol. The molecule has 0 spiro atoms. The predicted molar refractivity (Wildman–Crippen MR) is 100 cm³/mol. The fourth-order valence-corrected chi connectivity index (χ4v) is 3.37. The molecule has 140 valence electrons. The van der Waals surface area contributed by atoms with Gasteiger partial charge in [-0.2, -0.15) is 4.68 Å². The van der Waals surface area contributed by atoms with Crippen molar-refractivity contribution in [3.8, 4) is 5.82 Å². The normalized spacial score (nSPS) is 18.5. The van der Waals surface area contributed by atoms with Gasteiger partial charge in [-0.25, -0.2) is 9.97 Å². The second kappa shape index (κ2) is 7.95. The highest BCUT2D eigenvalue weighted by Gasteiger charge is 2.33. The molecule has 1 fully saturated rings. The minimum Gasteiger partial charge on any atom is -0.353 e. The van der Waals surface area contributed by atoms with Crippen molar-refractivity contribution in [3.63, 3.8) is 0 Å². The second-order valence-corrected chi connectivity index (χ2v) is 7.48. The number of amides is 1. The van der Waals surface area contributed by atoms with Crippen LogP contribution in [-0.2, 0) is 17.6 Å². The van der Waals surface area contributed by atoms with Crippen LogP contribution in [0.15, 0.2) is 24.4 Å². The van der Waals surface area contributed by atoms with Gasteiger partial charge in [-0.3, -0.25) is 9.69 Å². The molecule has 0 saturated carbocycles. The van der Waals surface area contributed by atoms with Gasteiger partial charge in [0, 0.05) is 38.2 Å². The van der Waals surface area contributed by atoms with Crippen molar-refractivity contribution in [2.75, 3.05) is 13.1 Å². The maximum absolute atomic E-state index is 12.5. The Hall–Kier alpha value is -2.28. The Bertz CT molecular complexity index is 740. The van der Waals surface area contributed by atoms with E-state index in [2.05, 4.69) is 48.0 Å². The van der Waals surface area contributed by atoms with Crippen LogP contribution < -0.4 is 5.32 Å². The minimum atomic E-state index is -0.234. The summed E-state index contributed by atoms with van der Waals surface area (Å²) in [4.78, 5) is 23.9. The van der Waals surface area contributed by atoms with Gasteiger partial charge >= 0.3 is 0 Å². The monoisotopic (exact) mass is 356 g/mol. The summed E-state index contributed by atoms with van der Waals surface area (Å²) in [6.07, 6.45) is 3.07. The topological polar surface area (TPSA) is 75.9 Å². The number of rotatable bonds is 6. The molecule has 7 heteroatoms. The molecule has 7 nitrogen and oxygen atoms in total. The molecule has 1 aliphatic heterocycles. The van der Waals surface area contributed by atoms with Crippen LogP contribution in [-0.4, -0.2) is 55.7 Å². The molecule has 1 aliphatic rings. The first-order valence-corrected chi connectivity index (χ1v) is 9.35. The smallest absolute Gasteiger partial charge is 0.237 e. The lowest BCUT2D eigenvalue weighted by molar-refractivity contribution is -0.130. The van der Waals surface area contributed by atoms with E-state index in [4.69, 9.17) is 4.98 Å². The number of carbonyl (C=O) groups is 1. The zero-order valence-corrected chi connectivity index (χ0v) is 16.0. The number of hydrogen-bond donors (Lipinski definition) is 1. The zero-order chi connectivity index (χ0) is 18.7. The Labute approximate surface area is 154 Å². The van der Waals surface area contributed by atoms with Crippen molar-refractivity contribution in [1.29, 1.82) is 0 Å². The van der Waals surface area contributed by atoms with Gasteiger partial charge in [-0.05, 0) is 31.9 Å². The minimum absolute atomic E-state index is 0.0610. The van der Waals surface area contributed by atoms with E-state index in [1.807, 2.05) is 18.2 Å². The Morgan fingerprint density at radius 2 is 2.08 bits per heavy atom. The summed E-state index contributed by atoms with van der Waals surface area (Å²) in [6.45, 7) is 10.1. The van der Waals surface area contributed by atoms with E-state index >= 15 is 0 Å². The Morgan fingerprint density at radius 3 is 2.73 bits per heavy atom. The molecule has 2 aromatic rings. The van der Waals surface area contributed by atoms with Crippen molar-refractivity contribution in [3.05, 3.63) is 36.0 Å². The molecule has 1 N–H and O–H groups in total. The van der Waals surface area contributed by atoms with Crippen LogP contribution in [0.3, 0.4) is 0 Å². The molecular weight excluding hydrogens is 328 g/mol. The lowest BCUT2D eigenvalue weighted by Gasteiger charge is -2.37. The van der Waals surface area contributed by atoms with Gasteiger partial charge in [0.15, 0.2) is 11.6 Å². The number of aromatic nitrogens is 4. The van der Waals surface area contributed by atoms with E-state index in [0.29, 0.717) is 24.9 Å². The molecule has 0 bridgehead atoms. The summed E-state index contributed by atoms with van der Waals surface area (Å²) in [5.74, 6) is 2.84. The maximum atomic E-state index is 12.5. The fraction of sp³-hybridized carbons (Fsp3) is 0.579. The second-order valence-electron chi connectivity index (χ2n) is 7.48. The third-order valence-corrected chi connectivity index (χ3v) is 4.59. The molecule has 3 rings (SSSR count). The number of piperazine rings is 1. The lowest BCUT2D eigenvalue weighted by Crippen LogP contribution is -2.58. The van der Waals surface area contributed by atoms with Crippen molar-refractivity contribution >= 4 is 5.91 Å². The maximum Gasteiger partial charge on any atom is 0.237 e. The molecule has 2 aromatic heterocycles. The first-order valence-electron chi connectivity index (χ1n) is 9.35. The number of nitrogens with zero attached hydrogens (tertiary/aromatic N) is 5. The van der Waals surface area contributed by atoms with E-state index in [1.165, 1.54) is 0 Å². The van der Waals surface area contributed by atoms with Gasteiger partial charge < -0.3 is 5.32 Å². The van der Waals surface area contributed by atoms with Crippen LogP contribution in [0.2, 0.25) is 0 Å². The van der Waals surface area contributed by atoms with Crippen molar-refractivity contribution in [2.24, 2.45) is 5.92 Å². The SMILES string of the molecule is CC(C)Cc1nc(C[C@@H]2C(=O)NCCN2C(C)C)n(-c2ccccn2)n1. The number of carbonyl (C=O) groups excluding carboxylic acids is 1. The van der Waals surface area contributed by atoms with Crippen molar-refractivity contribution in [1.82, 2.24) is 30.0 Å². The Morgan fingerprint density at radius 1 is 1.27 bits per heavy atom. The highest BCUT2D eigenvalue weighted by Crippen LogP contribution is 2.17. The fourth-order valence-electron chi connectivity index (χ4n) is 3.37. The predicted octanol–water partition coefficient (Wildman–Crippen LogP) is 1.61. The first kappa shape index (κ1) is 18.5. The molecule has 1 amide bonds. The largest absolute Gasteiger partial charge is 0.353 e.